The van der Waals surface area contributed by atoms with Crippen LogP contribution in [-0.2, 0) is 0 Å². The first-order valence-electron chi connectivity index (χ1n) is 8.86. The molecule has 1 saturated carbocycles. The molecule has 3 unspecified atom stereocenters. The number of benzene rings is 1. The minimum atomic E-state index is -0.774. The molecular weight excluding hydrogens is 316 g/mol. The summed E-state index contributed by atoms with van der Waals surface area (Å²) in [6.45, 7) is 13.0. The van der Waals surface area contributed by atoms with Gasteiger partial charge in [0.25, 0.3) is 0 Å². The number of aliphatic hydroxyl groups is 1. The zero-order valence-electron chi connectivity index (χ0n) is 15.7. The Hall–Kier alpha value is -1.05. The molecule has 1 N–H and O–H groups in total. The third kappa shape index (κ3) is 2.24. The van der Waals surface area contributed by atoms with E-state index in [4.69, 9.17) is 11.6 Å². The van der Waals surface area contributed by atoms with Gasteiger partial charge in [0.2, 0.25) is 0 Å². The Balaban J connectivity index is 2.29. The summed E-state index contributed by atoms with van der Waals surface area (Å²) in [6.07, 6.45) is 3.00. The molecule has 2 bridgehead atoms. The normalized spacial score (nSPS) is 36.1. The Bertz CT molecular complexity index is 707. The second kappa shape index (κ2) is 5.47. The smallest absolute Gasteiger partial charge is 0.0735 e. The highest BCUT2D eigenvalue weighted by molar-refractivity contribution is 6.29. The van der Waals surface area contributed by atoms with Crippen LogP contribution in [0.2, 0.25) is 0 Å². The van der Waals surface area contributed by atoms with Crippen molar-refractivity contribution in [3.63, 3.8) is 0 Å². The lowest BCUT2D eigenvalue weighted by molar-refractivity contribution is -0.186. The molecule has 1 aromatic rings. The Morgan fingerprint density at radius 2 is 1.62 bits per heavy atom. The van der Waals surface area contributed by atoms with Gasteiger partial charge in [-0.05, 0) is 37.3 Å². The SMILES string of the molecule is CC(=C1C2C=C(Cl)CC1C(C)(C)C(C)(O)C2(C)C)c1ccccc1. The number of hydrogen-bond acceptors (Lipinski definition) is 1. The Kier molecular flexibility index (Phi) is 4.05. The summed E-state index contributed by atoms with van der Waals surface area (Å²) in [5.74, 6) is 0.412. The van der Waals surface area contributed by atoms with Crippen LogP contribution in [0.4, 0.5) is 0 Å². The lowest BCUT2D eigenvalue weighted by Crippen LogP contribution is -2.64. The van der Waals surface area contributed by atoms with Gasteiger partial charge in [-0.1, -0.05) is 81.3 Å². The van der Waals surface area contributed by atoms with E-state index >= 15 is 0 Å². The minimum absolute atomic E-state index is 0.159. The largest absolute Gasteiger partial charge is 0.389 e. The molecule has 130 valence electrons. The first-order valence-corrected chi connectivity index (χ1v) is 9.24. The van der Waals surface area contributed by atoms with E-state index in [2.05, 4.69) is 71.0 Å². The topological polar surface area (TPSA) is 20.2 Å². The van der Waals surface area contributed by atoms with Crippen LogP contribution in [0.1, 0.15) is 53.5 Å². The molecule has 0 aromatic heterocycles. The van der Waals surface area contributed by atoms with Gasteiger partial charge in [0.05, 0.1) is 5.60 Å². The number of halogens is 1. The highest BCUT2D eigenvalue weighted by Crippen LogP contribution is 2.65. The quantitative estimate of drug-likeness (QED) is 0.658. The van der Waals surface area contributed by atoms with E-state index in [-0.39, 0.29) is 22.7 Å². The van der Waals surface area contributed by atoms with Crippen molar-refractivity contribution in [3.8, 4) is 0 Å². The molecule has 1 fully saturated rings. The average Bonchev–Trinajstić information content (AvgIpc) is 2.53. The van der Waals surface area contributed by atoms with Crippen molar-refractivity contribution in [2.24, 2.45) is 22.7 Å². The number of allylic oxidation sites excluding steroid dienone is 4. The summed E-state index contributed by atoms with van der Waals surface area (Å²) >= 11 is 6.54. The first kappa shape index (κ1) is 17.8. The molecule has 1 nitrogen and oxygen atoms in total. The zero-order valence-corrected chi connectivity index (χ0v) is 16.4. The maximum Gasteiger partial charge on any atom is 0.0735 e. The number of rotatable bonds is 1. The van der Waals surface area contributed by atoms with Gasteiger partial charge in [0.15, 0.2) is 0 Å². The second-order valence-corrected chi connectivity index (χ2v) is 9.30. The van der Waals surface area contributed by atoms with E-state index in [9.17, 15) is 5.11 Å². The van der Waals surface area contributed by atoms with Gasteiger partial charge in [0, 0.05) is 21.8 Å². The van der Waals surface area contributed by atoms with Gasteiger partial charge in [-0.3, -0.25) is 0 Å². The van der Waals surface area contributed by atoms with E-state index in [0.717, 1.165) is 11.5 Å². The summed E-state index contributed by atoms with van der Waals surface area (Å²) in [5.41, 5.74) is 2.73. The summed E-state index contributed by atoms with van der Waals surface area (Å²) in [4.78, 5) is 0. The van der Waals surface area contributed by atoms with Crippen molar-refractivity contribution in [2.45, 2.75) is 53.6 Å². The summed E-state index contributed by atoms with van der Waals surface area (Å²) in [6, 6.07) is 10.6. The molecule has 24 heavy (non-hydrogen) atoms. The second-order valence-electron chi connectivity index (χ2n) is 8.81. The standard InChI is InChI=1S/C22H29ClO/c1-14(15-10-8-7-9-11-15)19-17-12-16(23)13-18(19)21(4,5)22(6,24)20(17,2)3/h7-12,17-18,24H,13H2,1-6H3. The molecule has 0 amide bonds. The van der Waals surface area contributed by atoms with Gasteiger partial charge >= 0.3 is 0 Å². The highest BCUT2D eigenvalue weighted by Gasteiger charge is 2.63. The molecule has 2 heteroatoms. The van der Waals surface area contributed by atoms with Crippen molar-refractivity contribution >= 4 is 17.2 Å². The summed E-state index contributed by atoms with van der Waals surface area (Å²) in [5, 5.41) is 12.4. The molecule has 0 aliphatic heterocycles. The van der Waals surface area contributed by atoms with Crippen molar-refractivity contribution in [3.05, 3.63) is 52.6 Å². The lowest BCUT2D eigenvalue weighted by Gasteiger charge is -2.63. The maximum atomic E-state index is 11.5. The molecule has 3 rings (SSSR count). The van der Waals surface area contributed by atoms with Crippen molar-refractivity contribution < 1.29 is 5.11 Å². The van der Waals surface area contributed by atoms with Crippen LogP contribution in [0.25, 0.3) is 5.57 Å². The number of hydrogen-bond donors (Lipinski definition) is 1. The van der Waals surface area contributed by atoms with E-state index in [1.54, 1.807) is 0 Å². The van der Waals surface area contributed by atoms with E-state index in [0.29, 0.717) is 0 Å². The molecule has 0 spiro atoms. The van der Waals surface area contributed by atoms with Gasteiger partial charge in [-0.25, -0.2) is 0 Å². The fourth-order valence-corrected chi connectivity index (χ4v) is 5.20. The van der Waals surface area contributed by atoms with Crippen LogP contribution in [0, 0.1) is 22.7 Å². The zero-order chi connectivity index (χ0) is 17.9. The highest BCUT2D eigenvalue weighted by atomic mass is 35.5. The van der Waals surface area contributed by atoms with Gasteiger partial charge in [-0.2, -0.15) is 0 Å². The van der Waals surface area contributed by atoms with Gasteiger partial charge in [0.1, 0.15) is 0 Å². The van der Waals surface area contributed by atoms with Gasteiger partial charge < -0.3 is 5.11 Å². The molecular formula is C22H29ClO. The Morgan fingerprint density at radius 3 is 2.21 bits per heavy atom. The fraction of sp³-hybridized carbons (Fsp3) is 0.545. The first-order chi connectivity index (χ1) is 11.0. The van der Waals surface area contributed by atoms with Crippen LogP contribution in [0.15, 0.2) is 47.0 Å². The molecule has 3 atom stereocenters. The fourth-order valence-electron chi connectivity index (χ4n) is 4.92. The van der Waals surface area contributed by atoms with Crippen molar-refractivity contribution in [1.82, 2.24) is 0 Å². The van der Waals surface area contributed by atoms with Crippen molar-refractivity contribution in [1.29, 1.82) is 0 Å². The van der Waals surface area contributed by atoms with Crippen LogP contribution in [0.5, 0.6) is 0 Å². The third-order valence-corrected chi connectivity index (χ3v) is 7.54. The minimum Gasteiger partial charge on any atom is -0.389 e. The van der Waals surface area contributed by atoms with E-state index in [1.165, 1.54) is 16.7 Å². The summed E-state index contributed by atoms with van der Waals surface area (Å²) < 4.78 is 0. The number of fused-ring (bicyclic) bond motifs is 2. The Labute approximate surface area is 151 Å². The predicted octanol–water partition coefficient (Wildman–Crippen LogP) is 6.04. The van der Waals surface area contributed by atoms with Crippen LogP contribution in [0.3, 0.4) is 0 Å². The molecule has 1 aromatic carbocycles. The average molecular weight is 345 g/mol. The van der Waals surface area contributed by atoms with Crippen molar-refractivity contribution in [2.75, 3.05) is 0 Å². The van der Waals surface area contributed by atoms with Gasteiger partial charge in [-0.15, -0.1) is 0 Å². The van der Waals surface area contributed by atoms with E-state index in [1.807, 2.05) is 6.92 Å². The molecule has 0 radical (unpaired) electrons. The molecule has 2 aliphatic carbocycles. The predicted molar refractivity (Wildman–Crippen MR) is 103 cm³/mol. The van der Waals surface area contributed by atoms with Crippen LogP contribution < -0.4 is 0 Å². The third-order valence-electron chi connectivity index (χ3n) is 7.25. The van der Waals surface area contributed by atoms with Crippen LogP contribution >= 0.6 is 11.6 Å². The lowest BCUT2D eigenvalue weighted by atomic mass is 9.43. The molecule has 0 saturated heterocycles. The maximum absolute atomic E-state index is 11.5. The summed E-state index contributed by atoms with van der Waals surface area (Å²) in [7, 11) is 0. The van der Waals surface area contributed by atoms with E-state index < -0.39 is 5.60 Å². The molecule has 2 aliphatic rings. The molecule has 0 heterocycles. The monoisotopic (exact) mass is 344 g/mol. The Morgan fingerprint density at radius 1 is 1.04 bits per heavy atom. The van der Waals surface area contributed by atoms with Crippen LogP contribution in [-0.4, -0.2) is 10.7 Å².